The van der Waals surface area contributed by atoms with Crippen LogP contribution in [0.2, 0.25) is 5.02 Å². The number of aryl methyl sites for hydroxylation is 1. The van der Waals surface area contributed by atoms with Crippen LogP contribution in [0.5, 0.6) is 0 Å². The zero-order chi connectivity index (χ0) is 32.4. The molecule has 1 amide bonds. The normalized spacial score (nSPS) is 11.9. The molecular formula is C30H24ClF4NO7S. The van der Waals surface area contributed by atoms with Crippen LogP contribution in [0.3, 0.4) is 0 Å². The fourth-order valence-electron chi connectivity index (χ4n) is 4.58. The number of ether oxygens (including phenoxy) is 1. The predicted molar refractivity (Wildman–Crippen MR) is 156 cm³/mol. The van der Waals surface area contributed by atoms with Crippen molar-refractivity contribution < 1.29 is 44.7 Å². The van der Waals surface area contributed by atoms with Gasteiger partial charge in [0.25, 0.3) is 0 Å². The molecule has 0 unspecified atom stereocenters. The number of carbonyl (C=O) groups excluding carboxylic acids is 2. The molecular weight excluding hydrogens is 630 g/mol. The molecule has 1 aromatic heterocycles. The second-order valence-electron chi connectivity index (χ2n) is 9.79. The van der Waals surface area contributed by atoms with Gasteiger partial charge in [-0.05, 0) is 54.8 Å². The van der Waals surface area contributed by atoms with E-state index in [4.69, 9.17) is 20.8 Å². The van der Waals surface area contributed by atoms with E-state index < -0.39 is 68.5 Å². The van der Waals surface area contributed by atoms with Crippen molar-refractivity contribution in [3.05, 3.63) is 98.1 Å². The third kappa shape index (κ3) is 7.64. The molecule has 0 fully saturated rings. The van der Waals surface area contributed by atoms with Gasteiger partial charge in [-0.3, -0.25) is 9.59 Å². The zero-order valence-electron chi connectivity index (χ0n) is 23.2. The Morgan fingerprint density at radius 3 is 2.48 bits per heavy atom. The van der Waals surface area contributed by atoms with E-state index in [1.807, 2.05) is 0 Å². The molecule has 0 atom stereocenters. The molecule has 0 radical (unpaired) electrons. The summed E-state index contributed by atoms with van der Waals surface area (Å²) in [6.45, 7) is 3.22. The lowest BCUT2D eigenvalue weighted by Gasteiger charge is -2.16. The summed E-state index contributed by atoms with van der Waals surface area (Å²) in [6, 6.07) is 10.7. The summed E-state index contributed by atoms with van der Waals surface area (Å²) < 4.78 is 89.5. The van der Waals surface area contributed by atoms with Gasteiger partial charge in [0, 0.05) is 22.0 Å². The van der Waals surface area contributed by atoms with E-state index in [0.717, 1.165) is 12.1 Å². The molecule has 4 rings (SSSR count). The van der Waals surface area contributed by atoms with Crippen molar-refractivity contribution in [1.82, 2.24) is 0 Å². The lowest BCUT2D eigenvalue weighted by Crippen LogP contribution is -2.22. The summed E-state index contributed by atoms with van der Waals surface area (Å²) in [7, 11) is -3.96. The monoisotopic (exact) mass is 653 g/mol. The number of halogens is 5. The van der Waals surface area contributed by atoms with Crippen LogP contribution in [0.25, 0.3) is 22.1 Å². The summed E-state index contributed by atoms with van der Waals surface area (Å²) in [5, 5.41) is 2.68. The quantitative estimate of drug-likeness (QED) is 0.129. The molecule has 0 saturated heterocycles. The van der Waals surface area contributed by atoms with Crippen LogP contribution in [0.4, 0.5) is 23.2 Å². The van der Waals surface area contributed by atoms with Crippen molar-refractivity contribution in [2.45, 2.75) is 32.2 Å². The first-order valence-electron chi connectivity index (χ1n) is 13.0. The van der Waals surface area contributed by atoms with Gasteiger partial charge in [0.15, 0.2) is 9.84 Å². The van der Waals surface area contributed by atoms with Crippen LogP contribution in [0, 0.1) is 12.7 Å². The van der Waals surface area contributed by atoms with Crippen LogP contribution < -0.4 is 10.9 Å². The van der Waals surface area contributed by atoms with E-state index >= 15 is 0 Å². The van der Waals surface area contributed by atoms with Gasteiger partial charge < -0.3 is 14.5 Å². The van der Waals surface area contributed by atoms with E-state index in [-0.39, 0.29) is 45.5 Å². The lowest BCUT2D eigenvalue weighted by molar-refractivity contribution is -0.140. The smallest absolute Gasteiger partial charge is 0.418 e. The summed E-state index contributed by atoms with van der Waals surface area (Å²) in [5.74, 6) is -4.51. The Bertz CT molecular complexity index is 1940. The number of hydrogen-bond acceptors (Lipinski definition) is 7. The number of esters is 1. The van der Waals surface area contributed by atoms with Gasteiger partial charge in [-0.2, -0.15) is 13.2 Å². The minimum atomic E-state index is -4.98. The number of anilines is 1. The zero-order valence-corrected chi connectivity index (χ0v) is 24.8. The average molecular weight is 654 g/mol. The molecule has 0 aliphatic rings. The highest BCUT2D eigenvalue weighted by atomic mass is 35.5. The Balaban J connectivity index is 1.80. The Hall–Kier alpha value is -4.23. The molecule has 0 aliphatic carbocycles. The highest BCUT2D eigenvalue weighted by molar-refractivity contribution is 7.91. The third-order valence-corrected chi connectivity index (χ3v) is 8.28. The van der Waals surface area contributed by atoms with Crippen molar-refractivity contribution in [3.8, 4) is 11.1 Å². The minimum absolute atomic E-state index is 0.00592. The van der Waals surface area contributed by atoms with Gasteiger partial charge in [-0.25, -0.2) is 17.6 Å². The Labute approximate surface area is 253 Å². The highest BCUT2D eigenvalue weighted by Gasteiger charge is 2.34. The summed E-state index contributed by atoms with van der Waals surface area (Å²) in [4.78, 5) is 38.0. The van der Waals surface area contributed by atoms with Gasteiger partial charge in [-0.1, -0.05) is 35.9 Å². The number of nitrogens with one attached hydrogen (secondary N) is 1. The SMILES string of the molecule is CCOC(=O)CS(=O)(=O)Cc1cccc(-c2c(CC(=O)Nc3ccc(F)cc3C(F)(F)F)c(=O)oc3cc(Cl)c(C)cc23)c1. The first-order chi connectivity index (χ1) is 20.6. The van der Waals surface area contributed by atoms with E-state index in [1.54, 1.807) is 19.1 Å². The molecule has 14 heteroatoms. The molecule has 232 valence electrons. The first kappa shape index (κ1) is 32.7. The molecule has 0 spiro atoms. The fourth-order valence-corrected chi connectivity index (χ4v) is 5.96. The molecule has 1 heterocycles. The topological polar surface area (TPSA) is 120 Å². The van der Waals surface area contributed by atoms with Crippen molar-refractivity contribution in [1.29, 1.82) is 0 Å². The van der Waals surface area contributed by atoms with Gasteiger partial charge in [0.2, 0.25) is 5.91 Å². The van der Waals surface area contributed by atoms with Crippen molar-refractivity contribution in [3.63, 3.8) is 0 Å². The van der Waals surface area contributed by atoms with Crippen LogP contribution in [0.1, 0.15) is 29.2 Å². The van der Waals surface area contributed by atoms with Crippen LogP contribution in [-0.4, -0.2) is 32.7 Å². The second-order valence-corrected chi connectivity index (χ2v) is 12.3. The van der Waals surface area contributed by atoms with Crippen molar-refractivity contribution in [2.75, 3.05) is 17.7 Å². The number of sulfone groups is 1. The number of rotatable bonds is 9. The molecule has 4 aromatic rings. The van der Waals surface area contributed by atoms with Gasteiger partial charge in [0.05, 0.1) is 35.6 Å². The number of hydrogen-bond donors (Lipinski definition) is 1. The Kier molecular flexibility index (Phi) is 9.50. The standard InChI is InChI=1S/C30H24ClF4NO7S/c1-3-42-27(38)15-44(40,41)14-17-5-4-6-18(10-17)28-20-9-16(2)23(31)13-25(20)43-29(39)21(28)12-26(37)36-24-8-7-19(32)11-22(24)30(33,34)35/h4-11,13H,3,12,14-15H2,1-2H3,(H,36,37). The molecule has 0 saturated carbocycles. The summed E-state index contributed by atoms with van der Waals surface area (Å²) >= 11 is 6.23. The molecule has 3 aromatic carbocycles. The van der Waals surface area contributed by atoms with Gasteiger partial charge in [0.1, 0.15) is 17.2 Å². The maximum absolute atomic E-state index is 13.6. The number of carbonyl (C=O) groups is 2. The number of alkyl halides is 3. The lowest BCUT2D eigenvalue weighted by atomic mass is 9.93. The second kappa shape index (κ2) is 12.8. The maximum atomic E-state index is 13.6. The number of fused-ring (bicyclic) bond motifs is 1. The van der Waals surface area contributed by atoms with Crippen molar-refractivity contribution >= 4 is 50.0 Å². The Morgan fingerprint density at radius 1 is 1.07 bits per heavy atom. The predicted octanol–water partition coefficient (Wildman–Crippen LogP) is 6.24. The number of benzene rings is 3. The molecule has 44 heavy (non-hydrogen) atoms. The molecule has 1 N–H and O–H groups in total. The summed E-state index contributed by atoms with van der Waals surface area (Å²) in [5.41, 5.74) is -2.06. The molecule has 0 aliphatic heterocycles. The van der Waals surface area contributed by atoms with Crippen LogP contribution >= 0.6 is 11.6 Å². The maximum Gasteiger partial charge on any atom is 0.418 e. The highest BCUT2D eigenvalue weighted by Crippen LogP contribution is 2.37. The van der Waals surface area contributed by atoms with Gasteiger partial charge in [-0.15, -0.1) is 0 Å². The molecule has 8 nitrogen and oxygen atoms in total. The van der Waals surface area contributed by atoms with Gasteiger partial charge >= 0.3 is 17.8 Å². The first-order valence-corrected chi connectivity index (χ1v) is 15.2. The molecule has 0 bridgehead atoms. The fraction of sp³-hybridized carbons (Fsp3) is 0.233. The van der Waals surface area contributed by atoms with E-state index in [0.29, 0.717) is 10.9 Å². The Morgan fingerprint density at radius 2 is 1.80 bits per heavy atom. The van der Waals surface area contributed by atoms with E-state index in [2.05, 4.69) is 5.32 Å². The van der Waals surface area contributed by atoms with Crippen LogP contribution in [-0.2, 0) is 42.5 Å². The van der Waals surface area contributed by atoms with Crippen LogP contribution in [0.15, 0.2) is 63.8 Å². The van der Waals surface area contributed by atoms with E-state index in [9.17, 15) is 40.4 Å². The number of amides is 1. The third-order valence-electron chi connectivity index (χ3n) is 6.42. The summed E-state index contributed by atoms with van der Waals surface area (Å²) in [6.07, 6.45) is -5.74. The minimum Gasteiger partial charge on any atom is -0.465 e. The van der Waals surface area contributed by atoms with E-state index in [1.165, 1.54) is 31.2 Å². The van der Waals surface area contributed by atoms with Crippen molar-refractivity contribution in [2.24, 2.45) is 0 Å². The largest absolute Gasteiger partial charge is 0.465 e. The average Bonchev–Trinajstić information content (AvgIpc) is 2.90.